The van der Waals surface area contributed by atoms with Gasteiger partial charge in [-0.2, -0.15) is 4.37 Å². The van der Waals surface area contributed by atoms with Gasteiger partial charge in [-0.3, -0.25) is 0 Å². The molecule has 2 N–H and O–H groups in total. The molecule has 0 aliphatic heterocycles. The third kappa shape index (κ3) is 3.65. The summed E-state index contributed by atoms with van der Waals surface area (Å²) in [7, 11) is 0. The van der Waals surface area contributed by atoms with Gasteiger partial charge in [-0.05, 0) is 18.8 Å². The molecule has 6 heteroatoms. The lowest BCUT2D eigenvalue weighted by molar-refractivity contribution is -0.138. The van der Waals surface area contributed by atoms with Crippen LogP contribution in [0, 0.1) is 5.92 Å². The highest BCUT2D eigenvalue weighted by Gasteiger charge is 2.24. The minimum atomic E-state index is -0.843. The van der Waals surface area contributed by atoms with E-state index in [1.807, 2.05) is 13.8 Å². The molecule has 1 aromatic rings. The number of anilines is 1. The van der Waals surface area contributed by atoms with E-state index in [-0.39, 0.29) is 5.92 Å². The predicted octanol–water partition coefficient (Wildman–Crippen LogP) is 3.11. The molecule has 1 atom stereocenters. The van der Waals surface area contributed by atoms with Crippen molar-refractivity contribution >= 4 is 22.6 Å². The van der Waals surface area contributed by atoms with Crippen LogP contribution in [0.15, 0.2) is 0 Å². The quantitative estimate of drug-likeness (QED) is 0.868. The number of hydrogen-bond acceptors (Lipinski definition) is 5. The fraction of sp³-hybridized carbons (Fsp3) is 0.769. The molecule has 106 valence electrons. The number of aliphatic carboxylic acids is 1. The Kier molecular flexibility index (Phi) is 4.74. The van der Waals surface area contributed by atoms with Crippen molar-refractivity contribution in [1.82, 2.24) is 9.36 Å². The second-order valence-electron chi connectivity index (χ2n) is 5.50. The molecule has 1 aliphatic carbocycles. The van der Waals surface area contributed by atoms with Gasteiger partial charge < -0.3 is 10.4 Å². The van der Waals surface area contributed by atoms with Crippen molar-refractivity contribution in [3.63, 3.8) is 0 Å². The van der Waals surface area contributed by atoms with Crippen molar-refractivity contribution in [2.75, 3.05) is 5.32 Å². The monoisotopic (exact) mass is 283 g/mol. The Balaban J connectivity index is 2.01. The fourth-order valence-electron chi connectivity index (χ4n) is 2.47. The second kappa shape index (κ2) is 6.32. The summed E-state index contributed by atoms with van der Waals surface area (Å²) in [6, 6.07) is -0.604. The second-order valence-corrected chi connectivity index (χ2v) is 6.25. The van der Waals surface area contributed by atoms with Crippen LogP contribution in [0.4, 0.5) is 5.13 Å². The summed E-state index contributed by atoms with van der Waals surface area (Å²) in [5, 5.41) is 12.8. The Morgan fingerprint density at radius 2 is 2.05 bits per heavy atom. The first-order valence-corrected chi connectivity index (χ1v) is 7.68. The molecule has 1 aromatic heterocycles. The van der Waals surface area contributed by atoms with E-state index in [4.69, 9.17) is 5.11 Å². The van der Waals surface area contributed by atoms with Gasteiger partial charge in [-0.1, -0.05) is 33.1 Å². The zero-order valence-electron chi connectivity index (χ0n) is 11.4. The first-order valence-electron chi connectivity index (χ1n) is 6.91. The van der Waals surface area contributed by atoms with Gasteiger partial charge in [0.2, 0.25) is 5.13 Å². The Morgan fingerprint density at radius 1 is 1.37 bits per heavy atom. The molecular weight excluding hydrogens is 262 g/mol. The third-order valence-electron chi connectivity index (χ3n) is 3.62. The predicted molar refractivity (Wildman–Crippen MR) is 75.6 cm³/mol. The molecule has 0 unspecified atom stereocenters. The van der Waals surface area contributed by atoms with Crippen molar-refractivity contribution in [3.8, 4) is 0 Å². The number of carboxylic acids is 1. The van der Waals surface area contributed by atoms with Gasteiger partial charge in [0.1, 0.15) is 11.9 Å². The van der Waals surface area contributed by atoms with Crippen molar-refractivity contribution in [2.45, 2.75) is 57.9 Å². The summed E-state index contributed by atoms with van der Waals surface area (Å²) in [5.41, 5.74) is 0. The standard InChI is InChI=1S/C13H21N3O2S/c1-8(2)10(12(17)18)14-13-15-11(16-19-13)9-6-4-3-5-7-9/h8-10H,3-7H2,1-2H3,(H,17,18)(H,14,15,16)/t10-/m0/s1. The number of carbonyl (C=O) groups is 1. The molecule has 0 spiro atoms. The smallest absolute Gasteiger partial charge is 0.326 e. The van der Waals surface area contributed by atoms with Gasteiger partial charge in [0.15, 0.2) is 0 Å². The number of nitrogens with one attached hydrogen (secondary N) is 1. The summed E-state index contributed by atoms with van der Waals surface area (Å²) in [4.78, 5) is 15.6. The molecule has 1 fully saturated rings. The molecule has 19 heavy (non-hydrogen) atoms. The first kappa shape index (κ1) is 14.2. The summed E-state index contributed by atoms with van der Waals surface area (Å²) < 4.78 is 4.39. The van der Waals surface area contributed by atoms with Gasteiger partial charge >= 0.3 is 5.97 Å². The average molecular weight is 283 g/mol. The SMILES string of the molecule is CC(C)[C@H](Nc1nc(C2CCCCC2)ns1)C(=O)O. The third-order valence-corrected chi connectivity index (χ3v) is 4.28. The molecule has 0 aromatic carbocycles. The summed E-state index contributed by atoms with van der Waals surface area (Å²) in [6.07, 6.45) is 6.11. The van der Waals surface area contributed by atoms with Crippen LogP contribution < -0.4 is 5.32 Å². The largest absolute Gasteiger partial charge is 0.480 e. The van der Waals surface area contributed by atoms with Crippen LogP contribution in [0.25, 0.3) is 0 Å². The van der Waals surface area contributed by atoms with E-state index in [1.54, 1.807) is 0 Å². The van der Waals surface area contributed by atoms with Crippen LogP contribution in [0.2, 0.25) is 0 Å². The summed E-state index contributed by atoms with van der Waals surface area (Å²) >= 11 is 1.27. The molecule has 1 aliphatic rings. The van der Waals surface area contributed by atoms with E-state index >= 15 is 0 Å². The first-order chi connectivity index (χ1) is 9.08. The molecule has 0 saturated heterocycles. The van der Waals surface area contributed by atoms with Crippen molar-refractivity contribution in [2.24, 2.45) is 5.92 Å². The Bertz CT molecular complexity index is 427. The number of rotatable bonds is 5. The fourth-order valence-corrected chi connectivity index (χ4v) is 3.15. The van der Waals surface area contributed by atoms with Gasteiger partial charge in [-0.15, -0.1) is 0 Å². The highest BCUT2D eigenvalue weighted by atomic mass is 32.1. The molecule has 0 radical (unpaired) electrons. The lowest BCUT2D eigenvalue weighted by Crippen LogP contribution is -2.34. The normalized spacial score (nSPS) is 18.5. The maximum Gasteiger partial charge on any atom is 0.326 e. The minimum Gasteiger partial charge on any atom is -0.480 e. The van der Waals surface area contributed by atoms with Crippen LogP contribution in [0.5, 0.6) is 0 Å². The van der Waals surface area contributed by atoms with Crippen molar-refractivity contribution in [3.05, 3.63) is 5.82 Å². The van der Waals surface area contributed by atoms with E-state index in [0.717, 1.165) is 18.7 Å². The highest BCUT2D eigenvalue weighted by Crippen LogP contribution is 2.32. The van der Waals surface area contributed by atoms with Gasteiger partial charge in [0.25, 0.3) is 0 Å². The van der Waals surface area contributed by atoms with Crippen LogP contribution >= 0.6 is 11.5 Å². The van der Waals surface area contributed by atoms with Crippen LogP contribution in [0.1, 0.15) is 57.7 Å². The van der Waals surface area contributed by atoms with Gasteiger partial charge in [-0.25, -0.2) is 9.78 Å². The number of hydrogen-bond donors (Lipinski definition) is 2. The van der Waals surface area contributed by atoms with Crippen LogP contribution in [0.3, 0.4) is 0 Å². The van der Waals surface area contributed by atoms with Crippen LogP contribution in [-0.2, 0) is 4.79 Å². The van der Waals surface area contributed by atoms with E-state index in [0.29, 0.717) is 11.0 Å². The zero-order chi connectivity index (χ0) is 13.8. The lowest BCUT2D eigenvalue weighted by atomic mass is 9.89. The maximum absolute atomic E-state index is 11.1. The van der Waals surface area contributed by atoms with E-state index in [1.165, 1.54) is 30.8 Å². The highest BCUT2D eigenvalue weighted by molar-refractivity contribution is 7.09. The number of carboxylic acid groups (broad SMARTS) is 1. The topological polar surface area (TPSA) is 75.1 Å². The van der Waals surface area contributed by atoms with Gasteiger partial charge in [0.05, 0.1) is 0 Å². The Morgan fingerprint density at radius 3 is 2.63 bits per heavy atom. The van der Waals surface area contributed by atoms with E-state index < -0.39 is 12.0 Å². The Hall–Kier alpha value is -1.17. The van der Waals surface area contributed by atoms with E-state index in [9.17, 15) is 4.79 Å². The average Bonchev–Trinajstić information content (AvgIpc) is 2.85. The van der Waals surface area contributed by atoms with Crippen molar-refractivity contribution < 1.29 is 9.90 Å². The van der Waals surface area contributed by atoms with Crippen LogP contribution in [-0.4, -0.2) is 26.5 Å². The van der Waals surface area contributed by atoms with Crippen molar-refractivity contribution in [1.29, 1.82) is 0 Å². The molecule has 0 bridgehead atoms. The van der Waals surface area contributed by atoms with Gasteiger partial charge in [0, 0.05) is 17.5 Å². The molecule has 1 saturated carbocycles. The molecule has 2 rings (SSSR count). The minimum absolute atomic E-state index is 0.0135. The molecular formula is C13H21N3O2S. The summed E-state index contributed by atoms with van der Waals surface area (Å²) in [5.74, 6) is 0.520. The zero-order valence-corrected chi connectivity index (χ0v) is 12.2. The Labute approximate surface area is 117 Å². The summed E-state index contributed by atoms with van der Waals surface area (Å²) in [6.45, 7) is 3.77. The lowest BCUT2D eigenvalue weighted by Gasteiger charge is -2.18. The molecule has 1 heterocycles. The van der Waals surface area contributed by atoms with E-state index in [2.05, 4.69) is 14.7 Å². The maximum atomic E-state index is 11.1. The molecule has 0 amide bonds. The molecule has 5 nitrogen and oxygen atoms in total. The number of nitrogens with zero attached hydrogens (tertiary/aromatic N) is 2. The number of aromatic nitrogens is 2.